The molecule has 1 aromatic rings. The van der Waals surface area contributed by atoms with E-state index in [2.05, 4.69) is 34.1 Å². The van der Waals surface area contributed by atoms with Gasteiger partial charge >= 0.3 is 0 Å². The summed E-state index contributed by atoms with van der Waals surface area (Å²) >= 11 is 0. The van der Waals surface area contributed by atoms with Gasteiger partial charge in [0, 0.05) is 12.6 Å². The van der Waals surface area contributed by atoms with Crippen molar-refractivity contribution < 1.29 is 4.39 Å². The van der Waals surface area contributed by atoms with Crippen LogP contribution in [0.25, 0.3) is 0 Å². The second-order valence-electron chi connectivity index (χ2n) is 5.82. The first kappa shape index (κ1) is 15.0. The Bertz CT molecular complexity index is 432. The predicted molar refractivity (Wildman–Crippen MR) is 78.9 cm³/mol. The monoisotopic (exact) mass is 281 g/mol. The molecule has 2 rings (SSSR count). The van der Waals surface area contributed by atoms with Crippen LogP contribution in [0.2, 0.25) is 0 Å². The smallest absolute Gasteiger partial charge is 0.239 e. The quantitative estimate of drug-likeness (QED) is 0.620. The molecule has 0 unspecified atom stereocenters. The van der Waals surface area contributed by atoms with E-state index in [-0.39, 0.29) is 11.8 Å². The maximum Gasteiger partial charge on any atom is 0.239 e. The van der Waals surface area contributed by atoms with Crippen molar-refractivity contribution in [1.29, 1.82) is 0 Å². The van der Waals surface area contributed by atoms with E-state index in [9.17, 15) is 4.39 Å². The van der Waals surface area contributed by atoms with Gasteiger partial charge in [-0.3, -0.25) is 5.43 Å². The van der Waals surface area contributed by atoms with Crippen LogP contribution in [0.5, 0.6) is 0 Å². The van der Waals surface area contributed by atoms with E-state index >= 15 is 0 Å². The SMILES string of the molecule is CC(C)CCN(c1nc(NN)ncc1F)C1CCCC1. The molecule has 3 N–H and O–H groups in total. The molecule has 1 fully saturated rings. The van der Waals surface area contributed by atoms with Crippen LogP contribution in [-0.2, 0) is 0 Å². The van der Waals surface area contributed by atoms with E-state index in [0.29, 0.717) is 17.8 Å². The number of nitrogens with zero attached hydrogens (tertiary/aromatic N) is 3. The van der Waals surface area contributed by atoms with Crippen molar-refractivity contribution in [2.45, 2.75) is 52.0 Å². The van der Waals surface area contributed by atoms with E-state index < -0.39 is 0 Å². The highest BCUT2D eigenvalue weighted by atomic mass is 19.1. The Labute approximate surface area is 119 Å². The van der Waals surface area contributed by atoms with E-state index in [0.717, 1.165) is 25.8 Å². The number of nitrogen functional groups attached to an aromatic ring is 1. The number of aromatic nitrogens is 2. The Kier molecular flexibility index (Phi) is 5.11. The van der Waals surface area contributed by atoms with Gasteiger partial charge in [0.25, 0.3) is 0 Å². The Morgan fingerprint density at radius 1 is 1.45 bits per heavy atom. The molecule has 1 aromatic heterocycles. The number of nitrogens with one attached hydrogen (secondary N) is 1. The van der Waals surface area contributed by atoms with Gasteiger partial charge in [-0.05, 0) is 25.2 Å². The van der Waals surface area contributed by atoms with Crippen LogP contribution in [0.15, 0.2) is 6.20 Å². The minimum atomic E-state index is -0.375. The van der Waals surface area contributed by atoms with Crippen LogP contribution < -0.4 is 16.2 Å². The summed E-state index contributed by atoms with van der Waals surface area (Å²) in [6.45, 7) is 5.17. The number of hydrogen-bond acceptors (Lipinski definition) is 5. The van der Waals surface area contributed by atoms with E-state index in [1.165, 1.54) is 19.0 Å². The van der Waals surface area contributed by atoms with Gasteiger partial charge in [-0.2, -0.15) is 4.98 Å². The molecule has 1 aliphatic rings. The van der Waals surface area contributed by atoms with E-state index in [4.69, 9.17) is 5.84 Å². The molecule has 112 valence electrons. The predicted octanol–water partition coefficient (Wildman–Crippen LogP) is 2.70. The van der Waals surface area contributed by atoms with Crippen LogP contribution in [0.4, 0.5) is 16.2 Å². The van der Waals surface area contributed by atoms with Crippen molar-refractivity contribution in [2.24, 2.45) is 11.8 Å². The molecule has 0 amide bonds. The van der Waals surface area contributed by atoms with Crippen molar-refractivity contribution >= 4 is 11.8 Å². The molecule has 0 aromatic carbocycles. The maximum atomic E-state index is 14.1. The molecule has 1 saturated carbocycles. The maximum absolute atomic E-state index is 14.1. The lowest BCUT2D eigenvalue weighted by Gasteiger charge is -2.31. The molecule has 1 aliphatic carbocycles. The fourth-order valence-corrected chi connectivity index (χ4v) is 2.70. The highest BCUT2D eigenvalue weighted by Gasteiger charge is 2.26. The number of hydrazine groups is 1. The summed E-state index contributed by atoms with van der Waals surface area (Å²) < 4.78 is 14.1. The summed E-state index contributed by atoms with van der Waals surface area (Å²) in [6.07, 6.45) is 6.83. The summed E-state index contributed by atoms with van der Waals surface area (Å²) in [6, 6.07) is 0.378. The molecular formula is C14H24FN5. The first-order chi connectivity index (χ1) is 9.61. The Morgan fingerprint density at radius 2 is 2.15 bits per heavy atom. The fraction of sp³-hybridized carbons (Fsp3) is 0.714. The van der Waals surface area contributed by atoms with Gasteiger partial charge in [0.2, 0.25) is 5.95 Å². The third-order valence-electron chi connectivity index (χ3n) is 3.84. The lowest BCUT2D eigenvalue weighted by molar-refractivity contribution is 0.510. The molecular weight excluding hydrogens is 257 g/mol. The largest absolute Gasteiger partial charge is 0.351 e. The molecule has 0 bridgehead atoms. The number of anilines is 2. The fourth-order valence-electron chi connectivity index (χ4n) is 2.70. The summed E-state index contributed by atoms with van der Waals surface area (Å²) in [7, 11) is 0. The van der Waals surface area contributed by atoms with Crippen LogP contribution in [-0.4, -0.2) is 22.6 Å². The lowest BCUT2D eigenvalue weighted by atomic mass is 10.1. The molecule has 6 heteroatoms. The van der Waals surface area contributed by atoms with Crippen LogP contribution in [0.1, 0.15) is 46.0 Å². The standard InChI is InChI=1S/C14H24FN5/c1-10(2)7-8-20(11-5-3-4-6-11)13-12(15)9-17-14(18-13)19-16/h9-11H,3-8,16H2,1-2H3,(H,17,18,19). The van der Waals surface area contributed by atoms with Crippen LogP contribution in [0.3, 0.4) is 0 Å². The second kappa shape index (κ2) is 6.83. The molecule has 0 aliphatic heterocycles. The van der Waals surface area contributed by atoms with Crippen molar-refractivity contribution in [3.05, 3.63) is 12.0 Å². The van der Waals surface area contributed by atoms with Crippen molar-refractivity contribution in [3.8, 4) is 0 Å². The Balaban J connectivity index is 2.24. The van der Waals surface area contributed by atoms with Crippen molar-refractivity contribution in [3.63, 3.8) is 0 Å². The van der Waals surface area contributed by atoms with Crippen LogP contribution in [0, 0.1) is 11.7 Å². The Hall–Kier alpha value is -1.43. The van der Waals surface area contributed by atoms with Gasteiger partial charge in [0.15, 0.2) is 11.6 Å². The van der Waals surface area contributed by atoms with E-state index in [1.54, 1.807) is 0 Å². The summed E-state index contributed by atoms with van der Waals surface area (Å²) in [5.74, 6) is 6.17. The van der Waals surface area contributed by atoms with Gasteiger partial charge in [0.1, 0.15) is 0 Å². The molecule has 0 radical (unpaired) electrons. The highest BCUT2D eigenvalue weighted by Crippen LogP contribution is 2.29. The van der Waals surface area contributed by atoms with Crippen molar-refractivity contribution in [2.75, 3.05) is 16.9 Å². The minimum absolute atomic E-state index is 0.258. The Morgan fingerprint density at radius 3 is 2.75 bits per heavy atom. The molecule has 20 heavy (non-hydrogen) atoms. The first-order valence-electron chi connectivity index (χ1n) is 7.37. The molecule has 5 nitrogen and oxygen atoms in total. The normalized spacial score (nSPS) is 15.8. The summed E-state index contributed by atoms with van der Waals surface area (Å²) in [5, 5.41) is 0. The molecule has 0 spiro atoms. The number of hydrogen-bond donors (Lipinski definition) is 2. The van der Waals surface area contributed by atoms with Gasteiger partial charge in [-0.25, -0.2) is 15.2 Å². The average molecular weight is 281 g/mol. The number of halogens is 1. The van der Waals surface area contributed by atoms with Gasteiger partial charge < -0.3 is 4.90 Å². The van der Waals surface area contributed by atoms with Gasteiger partial charge in [0.05, 0.1) is 6.20 Å². The molecule has 0 atom stereocenters. The van der Waals surface area contributed by atoms with E-state index in [1.807, 2.05) is 0 Å². The molecule has 1 heterocycles. The highest BCUT2D eigenvalue weighted by molar-refractivity contribution is 5.44. The van der Waals surface area contributed by atoms with Gasteiger partial charge in [-0.15, -0.1) is 0 Å². The number of nitrogens with two attached hydrogens (primary N) is 1. The zero-order chi connectivity index (χ0) is 14.5. The topological polar surface area (TPSA) is 67.1 Å². The number of rotatable bonds is 6. The lowest BCUT2D eigenvalue weighted by Crippen LogP contribution is -2.36. The summed E-state index contributed by atoms with van der Waals surface area (Å²) in [5.41, 5.74) is 2.39. The van der Waals surface area contributed by atoms with Gasteiger partial charge in [-0.1, -0.05) is 26.7 Å². The summed E-state index contributed by atoms with van der Waals surface area (Å²) in [4.78, 5) is 10.1. The third kappa shape index (κ3) is 3.56. The third-order valence-corrected chi connectivity index (χ3v) is 3.84. The average Bonchev–Trinajstić information content (AvgIpc) is 2.94. The first-order valence-corrected chi connectivity index (χ1v) is 7.37. The second-order valence-corrected chi connectivity index (χ2v) is 5.82. The van der Waals surface area contributed by atoms with Crippen LogP contribution >= 0.6 is 0 Å². The zero-order valence-electron chi connectivity index (χ0n) is 12.3. The minimum Gasteiger partial charge on any atom is -0.351 e. The van der Waals surface area contributed by atoms with Crippen molar-refractivity contribution in [1.82, 2.24) is 9.97 Å². The zero-order valence-corrected chi connectivity index (χ0v) is 12.3. The molecule has 0 saturated heterocycles.